The Labute approximate surface area is 804 Å². The number of pyridine rings is 12. The molecule has 20 aromatic rings. The summed E-state index contributed by atoms with van der Waals surface area (Å²) in [5, 5.41) is 23.1. The molecule has 4 aliphatic heterocycles. The summed E-state index contributed by atoms with van der Waals surface area (Å²) in [5.74, 6) is -1.09. The molecule has 24 rings (SSSR count). The fraction of sp³-hybridized carbons (Fsp3) is 0.193. The lowest BCUT2D eigenvalue weighted by atomic mass is 9.99. The first-order valence-corrected chi connectivity index (χ1v) is 46.7. The van der Waals surface area contributed by atoms with Crippen molar-refractivity contribution in [3.8, 4) is 134 Å². The van der Waals surface area contributed by atoms with Crippen molar-refractivity contribution in [3.05, 3.63) is 339 Å². The lowest BCUT2D eigenvalue weighted by Gasteiger charge is -2.28. The minimum Gasteiger partial charge on any atom is -0.306 e. The van der Waals surface area contributed by atoms with Crippen LogP contribution in [0.3, 0.4) is 0 Å². The summed E-state index contributed by atoms with van der Waals surface area (Å²) in [7, 11) is 8.59. The molecule has 0 spiro atoms. The Bertz CT molecular complexity index is 7620. The quantitative estimate of drug-likeness (QED) is 0.0873. The van der Waals surface area contributed by atoms with Gasteiger partial charge in [0.05, 0.1) is 71.7 Å². The number of likely N-dealkylation sites (N-methyl/N-ethyl adjacent to an activating group) is 3. The summed E-state index contributed by atoms with van der Waals surface area (Å²) >= 11 is 12.3. The average Bonchev–Trinajstić information content (AvgIpc) is 0.863. The Morgan fingerprint density at radius 1 is 0.254 bits per heavy atom. The van der Waals surface area contributed by atoms with Gasteiger partial charge >= 0.3 is 0 Å². The predicted molar refractivity (Wildman–Crippen MR) is 537 cm³/mol. The van der Waals surface area contributed by atoms with E-state index in [9.17, 15) is 13.2 Å². The molecule has 29 heteroatoms. The summed E-state index contributed by atoms with van der Waals surface area (Å²) in [6.45, 7) is 8.48. The zero-order valence-electron chi connectivity index (χ0n) is 76.1. The molecule has 24 nitrogen and oxygen atoms in total. The summed E-state index contributed by atoms with van der Waals surface area (Å²) < 4.78 is 52.2. The molecule has 0 saturated carbocycles. The zero-order valence-corrected chi connectivity index (χ0v) is 77.6. The molecule has 16 aromatic heterocycles. The van der Waals surface area contributed by atoms with Crippen LogP contribution in [0.5, 0.6) is 0 Å². The third kappa shape index (κ3) is 19.4. The lowest BCUT2D eigenvalue weighted by molar-refractivity contribution is 0.212. The van der Waals surface area contributed by atoms with Gasteiger partial charge in [-0.1, -0.05) is 65.7 Å². The molecular formula is C109H93Cl2F3N24. The van der Waals surface area contributed by atoms with Gasteiger partial charge in [-0.25, -0.2) is 53.0 Å². The Morgan fingerprint density at radius 2 is 0.551 bits per heavy atom. The van der Waals surface area contributed by atoms with Gasteiger partial charge in [-0.05, 0) is 261 Å². The monoisotopic (exact) mass is 1860 g/mol. The van der Waals surface area contributed by atoms with E-state index in [0.717, 1.165) is 212 Å². The number of nitrogens with zero attached hydrogens (tertiary/aromatic N) is 24. The highest BCUT2D eigenvalue weighted by Crippen LogP contribution is 2.42. The number of likely N-dealkylation sites (tertiary alicyclic amines) is 4. The maximum absolute atomic E-state index is 14.7. The largest absolute Gasteiger partial charge is 0.306 e. The van der Waals surface area contributed by atoms with Crippen LogP contribution in [0.1, 0.15) is 56.3 Å². The molecule has 3 atom stereocenters. The maximum Gasteiger partial charge on any atom is 0.160 e. The number of benzene rings is 4. The SMILES string of the molecule is CN1CCC(n2cc(-c3cncc(-c4cc(-c5ccccc5)nc5ncccc45)c3)cn2)CC1.CN1CC[C@@H](n2cc(-c3cncc(-c4cc(-c5cc(Cl)ccc5F)nc5ncccc45)c3)cn2)C1.CN1CC[C@@H](n2cc(-c3cncc(-c4cc(-c5ccccc5F)nc5ncccc45)c3)cn2)C1.CN1CC[C@H](n2cc(-c3cncc(-c4cc(-c5cc(Cl)ccc5F)nc5ncccc45)c3)cn2)C1. The fourth-order valence-electron chi connectivity index (χ4n) is 18.8. The van der Waals surface area contributed by atoms with Crippen molar-refractivity contribution in [3.63, 3.8) is 0 Å². The number of aromatic nitrogens is 20. The first kappa shape index (κ1) is 89.3. The van der Waals surface area contributed by atoms with E-state index in [1.807, 2.05) is 147 Å². The topological polar surface area (TPSA) is 239 Å². The number of halogens is 5. The first-order chi connectivity index (χ1) is 67.5. The van der Waals surface area contributed by atoms with E-state index < -0.39 is 0 Å². The zero-order chi connectivity index (χ0) is 93.9. The van der Waals surface area contributed by atoms with Crippen LogP contribution in [0, 0.1) is 17.5 Å². The summed E-state index contributed by atoms with van der Waals surface area (Å²) in [4.78, 5) is 64.1. The van der Waals surface area contributed by atoms with E-state index in [-0.39, 0.29) is 17.5 Å². The average molecular weight is 1870 g/mol. The van der Waals surface area contributed by atoms with E-state index >= 15 is 0 Å². The van der Waals surface area contributed by atoms with Crippen molar-refractivity contribution in [2.24, 2.45) is 0 Å². The third-order valence-corrected chi connectivity index (χ3v) is 26.7. The molecule has 4 fully saturated rings. The van der Waals surface area contributed by atoms with Crippen LogP contribution in [0.2, 0.25) is 10.0 Å². The van der Waals surface area contributed by atoms with Crippen molar-refractivity contribution in [1.82, 2.24) is 119 Å². The molecule has 4 aliphatic rings. The second-order valence-corrected chi connectivity index (χ2v) is 36.5. The van der Waals surface area contributed by atoms with Crippen molar-refractivity contribution >= 4 is 67.3 Å². The maximum atomic E-state index is 14.7. The first-order valence-electron chi connectivity index (χ1n) is 46.0. The summed E-state index contributed by atoms with van der Waals surface area (Å²) in [5.41, 5.74) is 22.5. The Morgan fingerprint density at radius 3 is 0.899 bits per heavy atom. The van der Waals surface area contributed by atoms with Crippen LogP contribution in [0.15, 0.2) is 312 Å². The number of rotatable bonds is 16. The second-order valence-electron chi connectivity index (χ2n) is 35.6. The molecule has 0 bridgehead atoms. The van der Waals surface area contributed by atoms with Gasteiger partial charge in [0.1, 0.15) is 17.5 Å². The molecule has 138 heavy (non-hydrogen) atoms. The molecule has 4 aromatic carbocycles. The minimum atomic E-state index is -0.389. The smallest absolute Gasteiger partial charge is 0.160 e. The molecule has 0 N–H and O–H groups in total. The summed E-state index contributed by atoms with van der Waals surface area (Å²) in [6, 6.07) is 59.3. The van der Waals surface area contributed by atoms with Crippen LogP contribution in [-0.4, -0.2) is 199 Å². The molecule has 0 aliphatic carbocycles. The van der Waals surface area contributed by atoms with Gasteiger partial charge in [-0.3, -0.25) is 38.7 Å². The van der Waals surface area contributed by atoms with Gasteiger partial charge in [-0.2, -0.15) is 20.4 Å². The van der Waals surface area contributed by atoms with Crippen LogP contribution in [-0.2, 0) is 0 Å². The lowest BCUT2D eigenvalue weighted by Crippen LogP contribution is -2.31. The molecule has 0 radical (unpaired) electrons. The molecule has 20 heterocycles. The molecule has 0 amide bonds. The highest BCUT2D eigenvalue weighted by atomic mass is 35.5. The van der Waals surface area contributed by atoms with Crippen molar-refractivity contribution in [2.75, 3.05) is 80.5 Å². The molecule has 0 unspecified atom stereocenters. The second kappa shape index (κ2) is 39.6. The van der Waals surface area contributed by atoms with Gasteiger partial charge in [0.25, 0.3) is 0 Å². The van der Waals surface area contributed by atoms with E-state index in [1.165, 1.54) is 30.3 Å². The van der Waals surface area contributed by atoms with Gasteiger partial charge in [-0.15, -0.1) is 0 Å². The van der Waals surface area contributed by atoms with Crippen molar-refractivity contribution < 1.29 is 13.2 Å². The normalized spacial score (nSPS) is 16.0. The summed E-state index contributed by atoms with van der Waals surface area (Å²) in [6.07, 6.45) is 43.3. The van der Waals surface area contributed by atoms with Gasteiger partial charge in [0.15, 0.2) is 22.6 Å². The van der Waals surface area contributed by atoms with Crippen LogP contribution in [0.4, 0.5) is 13.2 Å². The molecule has 4 saturated heterocycles. The van der Waals surface area contributed by atoms with E-state index in [4.69, 9.17) is 33.3 Å². The van der Waals surface area contributed by atoms with Crippen LogP contribution in [0.25, 0.3) is 178 Å². The Hall–Kier alpha value is -15.2. The highest BCUT2D eigenvalue weighted by molar-refractivity contribution is 6.31. The molecular weight excluding hydrogens is 1770 g/mol. The predicted octanol–water partition coefficient (Wildman–Crippen LogP) is 22.5. The van der Waals surface area contributed by atoms with Gasteiger partial charge < -0.3 is 19.6 Å². The van der Waals surface area contributed by atoms with Gasteiger partial charge in [0, 0.05) is 239 Å². The fourth-order valence-corrected chi connectivity index (χ4v) is 19.1. The molecule has 684 valence electrons. The Kier molecular flexibility index (Phi) is 25.6. The number of piperidine rings is 1. The van der Waals surface area contributed by atoms with Gasteiger partial charge in [0.2, 0.25) is 0 Å². The minimum absolute atomic E-state index is 0.312. The highest BCUT2D eigenvalue weighted by Gasteiger charge is 2.28. The van der Waals surface area contributed by atoms with E-state index in [1.54, 1.807) is 61.4 Å². The number of hydrogen-bond acceptors (Lipinski definition) is 20. The van der Waals surface area contributed by atoms with Crippen LogP contribution >= 0.6 is 23.2 Å². The third-order valence-electron chi connectivity index (χ3n) is 26.2. The Balaban J connectivity index is 0.000000110. The van der Waals surface area contributed by atoms with E-state index in [0.29, 0.717) is 84.9 Å². The number of fused-ring (bicyclic) bond motifs is 4. The standard InChI is InChI=1S/C28H26N6.2C27H22ClFN6.C27H23FN6/c1-33-12-9-24(10-13-33)34-19-23(18-31-34)21-14-22(17-29-16-21)26-15-27(20-6-3-2-4-7-20)32-28-25(26)8-5-11-30-28;2*1-34-8-6-21(16-34)35-15-19(14-32-35)17-9-18(13-30-12-17)23-11-26(24-10-20(28)4-5-25(24)29)33-27-22(23)3-2-7-31-27;1-33-10-8-21(17-33)34-16-20(15-31-34)18-11-19(14-29-13-18)24-12-26(23-5-2-3-7-25(23)28)32-27-22(24)6-4-9-30-27/h2-8,11,14-19,24H,9-10,12-13H2,1H3;2*2-5,7,9-15,21H,6,8,16H2,1H3;2-7,9,11-16,21H,8,10,17H2,1H3/t;3*21-/m.101/s1. The van der Waals surface area contributed by atoms with Crippen molar-refractivity contribution in [2.45, 2.75) is 56.3 Å². The van der Waals surface area contributed by atoms with Crippen molar-refractivity contribution in [1.29, 1.82) is 0 Å². The number of hydrogen-bond donors (Lipinski definition) is 0. The van der Waals surface area contributed by atoms with E-state index in [2.05, 4.69) is 210 Å². The van der Waals surface area contributed by atoms with Crippen LogP contribution < -0.4 is 0 Å².